The molecule has 0 aliphatic carbocycles. The van der Waals surface area contributed by atoms with Gasteiger partial charge in [-0.25, -0.2) is 0 Å². The van der Waals surface area contributed by atoms with Crippen LogP contribution in [0.1, 0.15) is 60.3 Å². The second kappa shape index (κ2) is 8.18. The van der Waals surface area contributed by atoms with Crippen molar-refractivity contribution >= 4 is 11.9 Å². The zero-order chi connectivity index (χ0) is 15.1. The van der Waals surface area contributed by atoms with Crippen molar-refractivity contribution in [2.24, 2.45) is 11.8 Å². The lowest BCUT2D eigenvalue weighted by Gasteiger charge is -2.25. The Morgan fingerprint density at radius 1 is 1.05 bits per heavy atom. The van der Waals surface area contributed by atoms with Crippen molar-refractivity contribution in [3.8, 4) is 0 Å². The molecule has 2 atom stereocenters. The highest BCUT2D eigenvalue weighted by Crippen LogP contribution is 2.24. The van der Waals surface area contributed by atoms with E-state index in [1.54, 1.807) is 0 Å². The Morgan fingerprint density at radius 3 is 2.00 bits per heavy atom. The number of carbonyl (C=O) groups excluding carboxylic acids is 2. The summed E-state index contributed by atoms with van der Waals surface area (Å²) in [5, 5.41) is 0. The number of carbonyl (C=O) groups is 2. The second-order valence-electron chi connectivity index (χ2n) is 5.88. The van der Waals surface area contributed by atoms with Gasteiger partial charge in [-0.1, -0.05) is 20.3 Å². The van der Waals surface area contributed by atoms with E-state index in [-0.39, 0.29) is 23.8 Å². The summed E-state index contributed by atoms with van der Waals surface area (Å²) in [6, 6.07) is 0. The molecule has 0 heterocycles. The summed E-state index contributed by atoms with van der Waals surface area (Å²) >= 11 is 0. The van der Waals surface area contributed by atoms with Crippen LogP contribution in [0.5, 0.6) is 0 Å². The molecule has 0 fully saturated rings. The summed E-state index contributed by atoms with van der Waals surface area (Å²) in [7, 11) is 1.38. The van der Waals surface area contributed by atoms with Crippen molar-refractivity contribution in [3.63, 3.8) is 0 Å². The Labute approximate surface area is 116 Å². The van der Waals surface area contributed by atoms with Gasteiger partial charge >= 0.3 is 11.9 Å². The van der Waals surface area contributed by atoms with E-state index in [0.29, 0.717) is 12.8 Å². The molecule has 0 N–H and O–H groups in total. The lowest BCUT2D eigenvalue weighted by molar-refractivity contribution is -0.161. The first-order valence-electron chi connectivity index (χ1n) is 7.05. The summed E-state index contributed by atoms with van der Waals surface area (Å²) in [5.41, 5.74) is -0.490. The summed E-state index contributed by atoms with van der Waals surface area (Å²) in [6.07, 6.45) is 2.81. The van der Waals surface area contributed by atoms with E-state index in [4.69, 9.17) is 9.47 Å². The fraction of sp³-hybridized carbons (Fsp3) is 0.867. The molecule has 0 aliphatic heterocycles. The molecule has 0 aromatic heterocycles. The standard InChI is InChI=1S/C15H28O4/c1-7-9-12(14(17)19-15(3,4)5)10-11(8-2)13(16)18-6/h11-12H,7-10H2,1-6H3. The molecule has 0 aromatic rings. The van der Waals surface area contributed by atoms with Crippen LogP contribution in [0.3, 0.4) is 0 Å². The zero-order valence-corrected chi connectivity index (χ0v) is 13.1. The van der Waals surface area contributed by atoms with Crippen LogP contribution in [0.25, 0.3) is 0 Å². The molecule has 0 aromatic carbocycles. The number of hydrogen-bond donors (Lipinski definition) is 0. The van der Waals surface area contributed by atoms with Gasteiger partial charge in [0.2, 0.25) is 0 Å². The average Bonchev–Trinajstić information content (AvgIpc) is 2.31. The monoisotopic (exact) mass is 272 g/mol. The predicted molar refractivity (Wildman–Crippen MR) is 74.7 cm³/mol. The van der Waals surface area contributed by atoms with Crippen LogP contribution < -0.4 is 0 Å². The summed E-state index contributed by atoms with van der Waals surface area (Å²) in [4.78, 5) is 23.8. The molecule has 0 radical (unpaired) electrons. The van der Waals surface area contributed by atoms with E-state index in [2.05, 4.69) is 0 Å². The topological polar surface area (TPSA) is 52.6 Å². The minimum atomic E-state index is -0.490. The summed E-state index contributed by atoms with van der Waals surface area (Å²) in [6.45, 7) is 9.51. The van der Waals surface area contributed by atoms with Gasteiger partial charge in [-0.3, -0.25) is 9.59 Å². The van der Waals surface area contributed by atoms with Crippen molar-refractivity contribution < 1.29 is 19.1 Å². The molecule has 112 valence electrons. The van der Waals surface area contributed by atoms with Gasteiger partial charge in [0, 0.05) is 0 Å². The van der Waals surface area contributed by atoms with Crippen LogP contribution in [0.2, 0.25) is 0 Å². The van der Waals surface area contributed by atoms with E-state index in [1.165, 1.54) is 7.11 Å². The number of rotatable bonds is 7. The highest BCUT2D eigenvalue weighted by atomic mass is 16.6. The van der Waals surface area contributed by atoms with Crippen molar-refractivity contribution in [3.05, 3.63) is 0 Å². The van der Waals surface area contributed by atoms with Crippen molar-refractivity contribution in [1.29, 1.82) is 0 Å². The Kier molecular flexibility index (Phi) is 7.72. The first-order valence-corrected chi connectivity index (χ1v) is 7.05. The molecule has 4 nitrogen and oxygen atoms in total. The molecule has 19 heavy (non-hydrogen) atoms. The van der Waals surface area contributed by atoms with Crippen LogP contribution in [0, 0.1) is 11.8 Å². The highest BCUT2D eigenvalue weighted by Gasteiger charge is 2.29. The summed E-state index contributed by atoms with van der Waals surface area (Å²) in [5.74, 6) is -0.911. The van der Waals surface area contributed by atoms with Crippen LogP contribution >= 0.6 is 0 Å². The number of hydrogen-bond acceptors (Lipinski definition) is 4. The molecule has 0 aliphatic rings. The van der Waals surface area contributed by atoms with E-state index < -0.39 is 5.60 Å². The van der Waals surface area contributed by atoms with Crippen LogP contribution in [0.4, 0.5) is 0 Å². The van der Waals surface area contributed by atoms with Gasteiger partial charge in [0.1, 0.15) is 5.60 Å². The Hall–Kier alpha value is -1.06. The maximum absolute atomic E-state index is 12.1. The molecule has 0 rings (SSSR count). The van der Waals surface area contributed by atoms with E-state index in [9.17, 15) is 9.59 Å². The smallest absolute Gasteiger partial charge is 0.309 e. The first kappa shape index (κ1) is 17.9. The third kappa shape index (κ3) is 7.19. The third-order valence-corrected chi connectivity index (χ3v) is 2.97. The largest absolute Gasteiger partial charge is 0.469 e. The highest BCUT2D eigenvalue weighted by molar-refractivity contribution is 5.76. The molecule has 0 saturated carbocycles. The van der Waals surface area contributed by atoms with E-state index in [1.807, 2.05) is 34.6 Å². The first-order chi connectivity index (χ1) is 8.75. The van der Waals surface area contributed by atoms with Crippen LogP contribution in [0.15, 0.2) is 0 Å². The maximum atomic E-state index is 12.1. The molecule has 0 spiro atoms. The molecule has 0 saturated heterocycles. The molecule has 0 bridgehead atoms. The fourth-order valence-electron chi connectivity index (χ4n) is 2.01. The van der Waals surface area contributed by atoms with Gasteiger partial charge < -0.3 is 9.47 Å². The Bertz CT molecular complexity index is 291. The zero-order valence-electron chi connectivity index (χ0n) is 13.1. The second-order valence-corrected chi connectivity index (χ2v) is 5.88. The van der Waals surface area contributed by atoms with Gasteiger partial charge in [0.15, 0.2) is 0 Å². The van der Waals surface area contributed by atoms with E-state index >= 15 is 0 Å². The summed E-state index contributed by atoms with van der Waals surface area (Å²) < 4.78 is 10.2. The molecular formula is C15H28O4. The Balaban J connectivity index is 4.71. The maximum Gasteiger partial charge on any atom is 0.309 e. The molecule has 2 unspecified atom stereocenters. The van der Waals surface area contributed by atoms with Crippen molar-refractivity contribution in [2.75, 3.05) is 7.11 Å². The fourth-order valence-corrected chi connectivity index (χ4v) is 2.01. The molecule has 0 amide bonds. The van der Waals surface area contributed by atoms with Crippen LogP contribution in [-0.4, -0.2) is 24.6 Å². The van der Waals surface area contributed by atoms with Gasteiger partial charge in [0.05, 0.1) is 18.9 Å². The van der Waals surface area contributed by atoms with Crippen molar-refractivity contribution in [1.82, 2.24) is 0 Å². The normalized spacial score (nSPS) is 14.6. The lowest BCUT2D eigenvalue weighted by Crippen LogP contribution is -2.31. The third-order valence-electron chi connectivity index (χ3n) is 2.97. The van der Waals surface area contributed by atoms with Gasteiger partial charge in [-0.2, -0.15) is 0 Å². The van der Waals surface area contributed by atoms with Crippen LogP contribution in [-0.2, 0) is 19.1 Å². The quantitative estimate of drug-likeness (QED) is 0.667. The predicted octanol–water partition coefficient (Wildman–Crippen LogP) is 3.33. The van der Waals surface area contributed by atoms with Crippen molar-refractivity contribution in [2.45, 2.75) is 65.9 Å². The SMILES string of the molecule is CCCC(CC(CC)C(=O)OC)C(=O)OC(C)(C)C. The molecular weight excluding hydrogens is 244 g/mol. The van der Waals surface area contributed by atoms with E-state index in [0.717, 1.165) is 12.8 Å². The lowest BCUT2D eigenvalue weighted by atomic mass is 9.89. The number of methoxy groups -OCH3 is 1. The molecule has 4 heteroatoms. The number of ether oxygens (including phenoxy) is 2. The minimum Gasteiger partial charge on any atom is -0.469 e. The van der Waals surface area contributed by atoms with Gasteiger partial charge in [0.25, 0.3) is 0 Å². The average molecular weight is 272 g/mol. The van der Waals surface area contributed by atoms with Gasteiger partial charge in [-0.05, 0) is 40.0 Å². The number of esters is 2. The minimum absolute atomic E-state index is 0.211. The van der Waals surface area contributed by atoms with Gasteiger partial charge in [-0.15, -0.1) is 0 Å². The Morgan fingerprint density at radius 2 is 1.63 bits per heavy atom.